The van der Waals surface area contributed by atoms with Gasteiger partial charge in [-0.25, -0.2) is 4.98 Å². The molecule has 8 nitrogen and oxygen atoms in total. The van der Waals surface area contributed by atoms with Crippen LogP contribution in [0, 0.1) is 10.1 Å². The first-order valence-electron chi connectivity index (χ1n) is 8.85. The summed E-state index contributed by atoms with van der Waals surface area (Å²) < 4.78 is 6.19. The van der Waals surface area contributed by atoms with Gasteiger partial charge in [-0.2, -0.15) is 0 Å². The Bertz CT molecular complexity index is 1060. The van der Waals surface area contributed by atoms with E-state index in [-0.39, 0.29) is 11.3 Å². The van der Waals surface area contributed by atoms with Gasteiger partial charge in [-0.3, -0.25) is 20.2 Å². The summed E-state index contributed by atoms with van der Waals surface area (Å²) in [6, 6.07) is 9.98. The number of nitrogens with one attached hydrogen (secondary N) is 1. The Morgan fingerprint density at radius 1 is 1.29 bits per heavy atom. The minimum Gasteiger partial charge on any atom is -0.494 e. The van der Waals surface area contributed by atoms with E-state index in [0.717, 1.165) is 30.6 Å². The van der Waals surface area contributed by atoms with Gasteiger partial charge in [-0.05, 0) is 31.0 Å². The normalized spacial score (nSPS) is 13.7. The zero-order valence-electron chi connectivity index (χ0n) is 15.2. The van der Waals surface area contributed by atoms with Gasteiger partial charge in [-0.15, -0.1) is 0 Å². The molecule has 0 radical (unpaired) electrons. The van der Waals surface area contributed by atoms with Gasteiger partial charge >= 0.3 is 0 Å². The minimum absolute atomic E-state index is 0.112. The highest BCUT2D eigenvalue weighted by molar-refractivity contribution is 7.22. The van der Waals surface area contributed by atoms with Crippen LogP contribution in [0.1, 0.15) is 23.2 Å². The second kappa shape index (κ2) is 7.43. The molecule has 0 bridgehead atoms. The van der Waals surface area contributed by atoms with Crippen LogP contribution in [-0.2, 0) is 0 Å². The van der Waals surface area contributed by atoms with Crippen LogP contribution >= 0.6 is 11.3 Å². The summed E-state index contributed by atoms with van der Waals surface area (Å²) in [7, 11) is 1.57. The van der Waals surface area contributed by atoms with Crippen LogP contribution in [0.3, 0.4) is 0 Å². The van der Waals surface area contributed by atoms with Gasteiger partial charge < -0.3 is 9.64 Å². The van der Waals surface area contributed by atoms with E-state index in [2.05, 4.69) is 15.2 Å². The number of amides is 1. The van der Waals surface area contributed by atoms with Crippen molar-refractivity contribution in [2.75, 3.05) is 30.4 Å². The number of fused-ring (bicyclic) bond motifs is 1. The molecule has 3 aromatic rings. The topological polar surface area (TPSA) is 97.6 Å². The average Bonchev–Trinajstić information content (AvgIpc) is 3.36. The number of carbonyl (C=O) groups is 1. The van der Waals surface area contributed by atoms with E-state index in [0.29, 0.717) is 22.1 Å². The number of non-ortho nitro benzene ring substituents is 1. The van der Waals surface area contributed by atoms with Crippen molar-refractivity contribution in [3.63, 3.8) is 0 Å². The van der Waals surface area contributed by atoms with Gasteiger partial charge in [0.25, 0.3) is 11.6 Å². The van der Waals surface area contributed by atoms with Crippen LogP contribution in [0.15, 0.2) is 36.4 Å². The van der Waals surface area contributed by atoms with Crippen molar-refractivity contribution < 1.29 is 14.5 Å². The Balaban J connectivity index is 1.68. The summed E-state index contributed by atoms with van der Waals surface area (Å²) in [4.78, 5) is 30.2. The summed E-state index contributed by atoms with van der Waals surface area (Å²) in [5, 5.41) is 14.4. The predicted molar refractivity (Wildman–Crippen MR) is 109 cm³/mol. The maximum atomic E-state index is 13.0. The van der Waals surface area contributed by atoms with Crippen molar-refractivity contribution in [3.8, 4) is 5.75 Å². The number of hydrogen-bond acceptors (Lipinski definition) is 7. The Kier molecular flexibility index (Phi) is 4.82. The van der Waals surface area contributed by atoms with E-state index in [1.54, 1.807) is 19.2 Å². The molecule has 0 unspecified atom stereocenters. The molecule has 0 saturated carbocycles. The van der Waals surface area contributed by atoms with Crippen molar-refractivity contribution in [2.24, 2.45) is 0 Å². The van der Waals surface area contributed by atoms with Crippen molar-refractivity contribution in [2.45, 2.75) is 12.8 Å². The first-order chi connectivity index (χ1) is 13.6. The molecule has 1 saturated heterocycles. The smallest absolute Gasteiger partial charge is 0.270 e. The summed E-state index contributed by atoms with van der Waals surface area (Å²) in [6.45, 7) is 1.66. The van der Waals surface area contributed by atoms with Crippen LogP contribution in [-0.4, -0.2) is 36.0 Å². The van der Waals surface area contributed by atoms with Crippen LogP contribution in [0.5, 0.6) is 5.75 Å². The van der Waals surface area contributed by atoms with Gasteiger partial charge in [0.2, 0.25) is 0 Å². The first kappa shape index (κ1) is 18.2. The molecule has 1 aromatic heterocycles. The summed E-state index contributed by atoms with van der Waals surface area (Å²) in [5.41, 5.74) is 1.55. The lowest BCUT2D eigenvalue weighted by atomic mass is 10.1. The van der Waals surface area contributed by atoms with E-state index in [9.17, 15) is 14.9 Å². The lowest BCUT2D eigenvalue weighted by molar-refractivity contribution is -0.384. The standard InChI is InChI=1S/C19H18N4O4S/c1-27-15-5-4-6-16-17(15)20-19(28-16)21-18(24)13-11-12(23(25)26)7-8-14(13)22-9-2-3-10-22/h4-8,11H,2-3,9-10H2,1H3,(H,20,21,24). The molecule has 1 N–H and O–H groups in total. The zero-order chi connectivity index (χ0) is 19.7. The maximum absolute atomic E-state index is 13.0. The quantitative estimate of drug-likeness (QED) is 0.514. The van der Waals surface area contributed by atoms with Crippen LogP contribution in [0.2, 0.25) is 0 Å². The van der Waals surface area contributed by atoms with E-state index in [4.69, 9.17) is 4.74 Å². The first-order valence-corrected chi connectivity index (χ1v) is 9.67. The molecule has 4 rings (SSSR count). The number of anilines is 2. The molecule has 2 heterocycles. The predicted octanol–water partition coefficient (Wildman–Crippen LogP) is 4.07. The van der Waals surface area contributed by atoms with Crippen LogP contribution in [0.25, 0.3) is 10.2 Å². The lowest BCUT2D eigenvalue weighted by Gasteiger charge is -2.20. The number of para-hydroxylation sites is 1. The Labute approximate surface area is 164 Å². The summed E-state index contributed by atoms with van der Waals surface area (Å²) in [5.74, 6) is 0.214. The molecule has 2 aromatic carbocycles. The summed E-state index contributed by atoms with van der Waals surface area (Å²) >= 11 is 1.33. The highest BCUT2D eigenvalue weighted by Crippen LogP contribution is 2.33. The molecule has 144 valence electrons. The highest BCUT2D eigenvalue weighted by atomic mass is 32.1. The third-order valence-electron chi connectivity index (χ3n) is 4.70. The maximum Gasteiger partial charge on any atom is 0.270 e. The number of nitro benzene ring substituents is 1. The Morgan fingerprint density at radius 2 is 2.07 bits per heavy atom. The van der Waals surface area contributed by atoms with Crippen LogP contribution < -0.4 is 15.0 Å². The molecule has 1 amide bonds. The molecule has 0 spiro atoms. The lowest BCUT2D eigenvalue weighted by Crippen LogP contribution is -2.23. The second-order valence-corrected chi connectivity index (χ2v) is 7.46. The number of thiazole rings is 1. The van der Waals surface area contributed by atoms with E-state index in [1.807, 2.05) is 12.1 Å². The number of benzene rings is 2. The van der Waals surface area contributed by atoms with Gasteiger partial charge in [0, 0.05) is 25.2 Å². The zero-order valence-corrected chi connectivity index (χ0v) is 16.0. The third-order valence-corrected chi connectivity index (χ3v) is 5.64. The minimum atomic E-state index is -0.493. The molecular weight excluding hydrogens is 380 g/mol. The largest absolute Gasteiger partial charge is 0.494 e. The number of carbonyl (C=O) groups excluding carboxylic acids is 1. The number of nitrogens with zero attached hydrogens (tertiary/aromatic N) is 3. The molecule has 1 aliphatic rings. The van der Waals surface area contributed by atoms with Crippen molar-refractivity contribution >= 4 is 44.0 Å². The number of methoxy groups -OCH3 is 1. The number of hydrogen-bond donors (Lipinski definition) is 1. The fraction of sp³-hybridized carbons (Fsp3) is 0.263. The molecule has 1 fully saturated rings. The molecule has 1 aliphatic heterocycles. The van der Waals surface area contributed by atoms with Crippen molar-refractivity contribution in [3.05, 3.63) is 52.1 Å². The molecule has 0 atom stereocenters. The monoisotopic (exact) mass is 398 g/mol. The van der Waals surface area contributed by atoms with Crippen LogP contribution in [0.4, 0.5) is 16.5 Å². The molecule has 28 heavy (non-hydrogen) atoms. The Morgan fingerprint density at radius 3 is 2.79 bits per heavy atom. The van der Waals surface area contributed by atoms with E-state index < -0.39 is 10.8 Å². The SMILES string of the molecule is COc1cccc2sc(NC(=O)c3cc([N+](=O)[O-])ccc3N3CCCC3)nc12. The van der Waals surface area contributed by atoms with Crippen molar-refractivity contribution in [1.29, 1.82) is 0 Å². The number of nitro groups is 1. The molecule has 9 heteroatoms. The number of aromatic nitrogens is 1. The van der Waals surface area contributed by atoms with Gasteiger partial charge in [0.1, 0.15) is 11.3 Å². The fourth-order valence-corrected chi connectivity index (χ4v) is 4.24. The number of ether oxygens (including phenoxy) is 1. The highest BCUT2D eigenvalue weighted by Gasteiger charge is 2.23. The summed E-state index contributed by atoms with van der Waals surface area (Å²) in [6.07, 6.45) is 2.07. The molecule has 0 aliphatic carbocycles. The number of rotatable bonds is 5. The van der Waals surface area contributed by atoms with Crippen molar-refractivity contribution in [1.82, 2.24) is 4.98 Å². The fourth-order valence-electron chi connectivity index (χ4n) is 3.36. The third kappa shape index (κ3) is 3.36. The van der Waals surface area contributed by atoms with Gasteiger partial charge in [-0.1, -0.05) is 17.4 Å². The molecular formula is C19H18N4O4S. The average molecular weight is 398 g/mol. The second-order valence-electron chi connectivity index (χ2n) is 6.43. The van der Waals surface area contributed by atoms with E-state index in [1.165, 1.54) is 23.5 Å². The Hall–Kier alpha value is -3.20. The van der Waals surface area contributed by atoms with Gasteiger partial charge in [0.05, 0.1) is 28.0 Å². The van der Waals surface area contributed by atoms with Gasteiger partial charge in [0.15, 0.2) is 5.13 Å². The van der Waals surface area contributed by atoms with E-state index >= 15 is 0 Å².